The van der Waals surface area contributed by atoms with Crippen LogP contribution in [0.3, 0.4) is 0 Å². The van der Waals surface area contributed by atoms with Crippen LogP contribution in [0.25, 0.3) is 0 Å². The Morgan fingerprint density at radius 1 is 0.828 bits per heavy atom. The van der Waals surface area contributed by atoms with E-state index in [2.05, 4.69) is 61.4 Å². The van der Waals surface area contributed by atoms with Gasteiger partial charge in [-0.05, 0) is 67.3 Å². The van der Waals surface area contributed by atoms with Crippen molar-refractivity contribution in [2.45, 2.75) is 20.8 Å². The molecular weight excluding hydrogens is 362 g/mol. The Balaban J connectivity index is 1.60. The third-order valence-electron chi connectivity index (χ3n) is 5.82. The highest BCUT2D eigenvalue weighted by molar-refractivity contribution is 6.16. The number of benzene rings is 1. The first-order chi connectivity index (χ1) is 14.0. The lowest BCUT2D eigenvalue weighted by molar-refractivity contribution is 0.0553. The van der Waals surface area contributed by atoms with Crippen molar-refractivity contribution >= 4 is 17.1 Å². The summed E-state index contributed by atoms with van der Waals surface area (Å²) in [5, 5.41) is 0. The maximum atomic E-state index is 5.49. The first-order valence-electron chi connectivity index (χ1n) is 10.5. The molecule has 0 bridgehead atoms. The molecule has 1 aromatic rings. The van der Waals surface area contributed by atoms with Crippen molar-refractivity contribution in [2.24, 2.45) is 4.99 Å². The lowest BCUT2D eigenvalue weighted by atomic mass is 9.96. The molecule has 5 heteroatoms. The molecule has 2 heterocycles. The summed E-state index contributed by atoms with van der Waals surface area (Å²) >= 11 is 0. The van der Waals surface area contributed by atoms with Crippen molar-refractivity contribution < 1.29 is 9.47 Å². The first-order valence-corrected chi connectivity index (χ1v) is 10.5. The highest BCUT2D eigenvalue weighted by Gasteiger charge is 2.20. The zero-order valence-electron chi connectivity index (χ0n) is 17.8. The minimum atomic E-state index is 0.783. The van der Waals surface area contributed by atoms with E-state index in [4.69, 9.17) is 14.5 Å². The Kier molecular flexibility index (Phi) is 5.88. The molecule has 4 rings (SSSR count). The van der Waals surface area contributed by atoms with Crippen LogP contribution in [0.1, 0.15) is 18.1 Å². The molecule has 0 saturated carbocycles. The summed E-state index contributed by atoms with van der Waals surface area (Å²) in [5.41, 5.74) is 9.03. The van der Waals surface area contributed by atoms with Crippen molar-refractivity contribution in [2.75, 3.05) is 57.5 Å². The number of ether oxygens (including phenoxy) is 2. The molecule has 0 amide bonds. The third kappa shape index (κ3) is 4.31. The summed E-state index contributed by atoms with van der Waals surface area (Å²) in [5.74, 6) is 0. The van der Waals surface area contributed by atoms with Gasteiger partial charge in [-0.25, -0.2) is 4.99 Å². The minimum Gasteiger partial charge on any atom is -0.378 e. The third-order valence-corrected chi connectivity index (χ3v) is 5.82. The van der Waals surface area contributed by atoms with E-state index in [1.54, 1.807) is 0 Å². The largest absolute Gasteiger partial charge is 0.378 e. The SMILES string of the molecule is C=C1C=C(N2CCOCC2)C=C(C)C1=Nc1c(C)cc(N2CCOCC2)cc1C. The van der Waals surface area contributed by atoms with Crippen molar-refractivity contribution in [3.63, 3.8) is 0 Å². The van der Waals surface area contributed by atoms with E-state index in [1.807, 2.05) is 0 Å². The summed E-state index contributed by atoms with van der Waals surface area (Å²) in [4.78, 5) is 9.82. The Hall–Kier alpha value is -2.37. The monoisotopic (exact) mass is 393 g/mol. The van der Waals surface area contributed by atoms with Crippen LogP contribution in [0.15, 0.2) is 52.7 Å². The van der Waals surface area contributed by atoms with Crippen LogP contribution < -0.4 is 4.90 Å². The van der Waals surface area contributed by atoms with E-state index in [9.17, 15) is 0 Å². The van der Waals surface area contributed by atoms with Gasteiger partial charge in [0.15, 0.2) is 0 Å². The number of hydrogen-bond acceptors (Lipinski definition) is 5. The maximum Gasteiger partial charge on any atom is 0.0734 e. The second kappa shape index (κ2) is 8.56. The zero-order chi connectivity index (χ0) is 20.4. The van der Waals surface area contributed by atoms with Crippen LogP contribution in [0.5, 0.6) is 0 Å². The Bertz CT molecular complexity index is 862. The topological polar surface area (TPSA) is 37.3 Å². The fourth-order valence-corrected chi connectivity index (χ4v) is 4.22. The second-order valence-corrected chi connectivity index (χ2v) is 8.01. The molecule has 154 valence electrons. The van der Waals surface area contributed by atoms with Gasteiger partial charge in [0.05, 0.1) is 37.8 Å². The Morgan fingerprint density at radius 3 is 1.93 bits per heavy atom. The molecule has 3 aliphatic rings. The number of morpholine rings is 2. The number of aliphatic imine (C=N–C) groups is 1. The lowest BCUT2D eigenvalue weighted by Crippen LogP contribution is -2.36. The molecule has 5 nitrogen and oxygen atoms in total. The number of allylic oxidation sites excluding steroid dienone is 4. The van der Waals surface area contributed by atoms with Gasteiger partial charge in [0.2, 0.25) is 0 Å². The molecule has 2 fully saturated rings. The zero-order valence-corrected chi connectivity index (χ0v) is 17.8. The maximum absolute atomic E-state index is 5.49. The van der Waals surface area contributed by atoms with E-state index in [0.717, 1.165) is 75.2 Å². The molecule has 0 unspecified atom stereocenters. The first kappa shape index (κ1) is 19.9. The van der Waals surface area contributed by atoms with Crippen LogP contribution in [-0.2, 0) is 9.47 Å². The second-order valence-electron chi connectivity index (χ2n) is 8.01. The van der Waals surface area contributed by atoms with Gasteiger partial charge in [-0.1, -0.05) is 6.58 Å². The van der Waals surface area contributed by atoms with Gasteiger partial charge in [0.25, 0.3) is 0 Å². The average Bonchev–Trinajstić information content (AvgIpc) is 2.73. The van der Waals surface area contributed by atoms with Gasteiger partial charge in [0, 0.05) is 37.6 Å². The van der Waals surface area contributed by atoms with Gasteiger partial charge in [0.1, 0.15) is 0 Å². The summed E-state index contributed by atoms with van der Waals surface area (Å²) in [7, 11) is 0. The van der Waals surface area contributed by atoms with E-state index >= 15 is 0 Å². The van der Waals surface area contributed by atoms with Crippen LogP contribution in [0, 0.1) is 13.8 Å². The fraction of sp³-hybridized carbons (Fsp3) is 0.458. The molecule has 0 atom stereocenters. The standard InChI is InChI=1S/C24H31N3O2/c1-17-13-21(26-5-9-28-10-6-26)14-18(2)23(17)25-24-19(3)15-22(16-20(24)4)27-7-11-29-12-8-27/h13-16H,1,5-12H2,2-4H3. The summed E-state index contributed by atoms with van der Waals surface area (Å²) in [6.45, 7) is 17.6. The summed E-state index contributed by atoms with van der Waals surface area (Å²) in [6.07, 6.45) is 4.38. The quantitative estimate of drug-likeness (QED) is 0.779. The van der Waals surface area contributed by atoms with E-state index in [-0.39, 0.29) is 0 Å². The predicted molar refractivity (Wildman–Crippen MR) is 119 cm³/mol. The number of aryl methyl sites for hydroxylation is 2. The van der Waals surface area contributed by atoms with Crippen LogP contribution >= 0.6 is 0 Å². The number of nitrogens with zero attached hydrogens (tertiary/aromatic N) is 3. The molecule has 0 N–H and O–H groups in total. The minimum absolute atomic E-state index is 0.783. The van der Waals surface area contributed by atoms with Gasteiger partial charge in [-0.15, -0.1) is 0 Å². The highest BCUT2D eigenvalue weighted by Crippen LogP contribution is 2.32. The molecule has 2 aliphatic heterocycles. The Labute approximate surface area is 174 Å². The number of anilines is 1. The van der Waals surface area contributed by atoms with E-state index in [0.29, 0.717) is 0 Å². The van der Waals surface area contributed by atoms with Crippen molar-refractivity contribution in [3.8, 4) is 0 Å². The summed E-state index contributed by atoms with van der Waals surface area (Å²) in [6, 6.07) is 4.49. The molecule has 1 aromatic carbocycles. The van der Waals surface area contributed by atoms with Crippen molar-refractivity contribution in [3.05, 3.63) is 58.8 Å². The van der Waals surface area contributed by atoms with Gasteiger partial charge < -0.3 is 19.3 Å². The van der Waals surface area contributed by atoms with Crippen LogP contribution in [0.4, 0.5) is 11.4 Å². The van der Waals surface area contributed by atoms with E-state index in [1.165, 1.54) is 22.5 Å². The molecular formula is C24H31N3O2. The molecule has 2 saturated heterocycles. The number of rotatable bonds is 3. The average molecular weight is 394 g/mol. The highest BCUT2D eigenvalue weighted by atomic mass is 16.5. The fourth-order valence-electron chi connectivity index (χ4n) is 4.22. The lowest BCUT2D eigenvalue weighted by Gasteiger charge is -2.32. The van der Waals surface area contributed by atoms with Crippen LogP contribution in [-0.4, -0.2) is 63.2 Å². The molecule has 0 spiro atoms. The smallest absolute Gasteiger partial charge is 0.0734 e. The molecule has 29 heavy (non-hydrogen) atoms. The van der Waals surface area contributed by atoms with Crippen molar-refractivity contribution in [1.82, 2.24) is 4.90 Å². The molecule has 0 radical (unpaired) electrons. The van der Waals surface area contributed by atoms with Crippen molar-refractivity contribution in [1.29, 1.82) is 0 Å². The molecule has 0 aromatic heterocycles. The Morgan fingerprint density at radius 2 is 1.38 bits per heavy atom. The van der Waals surface area contributed by atoms with E-state index < -0.39 is 0 Å². The normalized spacial score (nSPS) is 22.0. The van der Waals surface area contributed by atoms with Gasteiger partial charge in [-0.2, -0.15) is 0 Å². The number of hydrogen-bond donors (Lipinski definition) is 0. The molecule has 1 aliphatic carbocycles. The van der Waals surface area contributed by atoms with Gasteiger partial charge in [-0.3, -0.25) is 0 Å². The van der Waals surface area contributed by atoms with Gasteiger partial charge >= 0.3 is 0 Å². The summed E-state index contributed by atoms with van der Waals surface area (Å²) < 4.78 is 11.0. The van der Waals surface area contributed by atoms with Crippen LogP contribution in [0.2, 0.25) is 0 Å². The predicted octanol–water partition coefficient (Wildman–Crippen LogP) is 3.94.